The zero-order valence-electron chi connectivity index (χ0n) is 18.2. The van der Waals surface area contributed by atoms with Crippen LogP contribution < -0.4 is 5.43 Å². The highest BCUT2D eigenvalue weighted by molar-refractivity contribution is 5.84. The van der Waals surface area contributed by atoms with Crippen molar-refractivity contribution in [1.82, 2.24) is 9.99 Å². The minimum Gasteiger partial charge on any atom is -0.318 e. The van der Waals surface area contributed by atoms with E-state index in [0.29, 0.717) is 0 Å². The number of hydrogen-bond acceptors (Lipinski definition) is 2. The Hall–Kier alpha value is -3.21. The molecule has 3 rings (SSSR count). The Kier molecular flexibility index (Phi) is 6.20. The van der Waals surface area contributed by atoms with Crippen LogP contribution in [0.15, 0.2) is 59.7 Å². The molecule has 1 amide bonds. The first-order chi connectivity index (χ1) is 14.1. The van der Waals surface area contributed by atoms with Gasteiger partial charge in [-0.25, -0.2) is 9.82 Å². The van der Waals surface area contributed by atoms with E-state index in [0.717, 1.165) is 28.2 Å². The molecule has 0 aliphatic heterocycles. The van der Waals surface area contributed by atoms with Gasteiger partial charge in [0.25, 0.3) is 0 Å². The molecule has 0 aliphatic carbocycles. The van der Waals surface area contributed by atoms with Crippen LogP contribution in [0.3, 0.4) is 0 Å². The number of amides is 1. The van der Waals surface area contributed by atoms with Crippen LogP contribution in [0.4, 0.5) is 4.39 Å². The number of benzene rings is 2. The van der Waals surface area contributed by atoms with Crippen molar-refractivity contribution < 1.29 is 9.18 Å². The molecule has 1 N–H and O–H groups in total. The number of aryl methyl sites for hydroxylation is 1. The van der Waals surface area contributed by atoms with Gasteiger partial charge >= 0.3 is 0 Å². The van der Waals surface area contributed by atoms with E-state index in [9.17, 15) is 9.18 Å². The molecule has 0 atom stereocenters. The number of carbonyl (C=O) groups is 1. The molecule has 5 heteroatoms. The highest BCUT2D eigenvalue weighted by Gasteiger charge is 2.13. The second-order valence-electron chi connectivity index (χ2n) is 8.56. The number of halogens is 1. The van der Waals surface area contributed by atoms with Crippen LogP contribution in [0.25, 0.3) is 5.69 Å². The monoisotopic (exact) mass is 405 g/mol. The zero-order chi connectivity index (χ0) is 21.9. The standard InChI is InChI=1S/C25H28FN3O/c1-17-14-20(18(2)29(17)23-12-10-22(26)11-13-23)16-27-28-24(30)15-19-6-8-21(9-7-19)25(3,4)5/h6-14,16H,15H2,1-5H3,(H,28,30)/b27-16-. The average Bonchev–Trinajstić information content (AvgIpc) is 2.96. The van der Waals surface area contributed by atoms with Crippen LogP contribution in [0, 0.1) is 19.7 Å². The summed E-state index contributed by atoms with van der Waals surface area (Å²) in [7, 11) is 0. The fourth-order valence-corrected chi connectivity index (χ4v) is 3.43. The molecule has 156 valence electrons. The van der Waals surface area contributed by atoms with Crippen molar-refractivity contribution in [2.24, 2.45) is 5.10 Å². The minimum atomic E-state index is -0.265. The topological polar surface area (TPSA) is 46.4 Å². The van der Waals surface area contributed by atoms with Gasteiger partial charge in [-0.1, -0.05) is 45.0 Å². The van der Waals surface area contributed by atoms with E-state index in [4.69, 9.17) is 0 Å². The molecule has 1 aromatic heterocycles. The SMILES string of the molecule is Cc1cc(/C=N\NC(=O)Cc2ccc(C(C)(C)C)cc2)c(C)n1-c1ccc(F)cc1. The maximum atomic E-state index is 13.2. The third kappa shape index (κ3) is 5.03. The average molecular weight is 406 g/mol. The molecule has 0 bridgehead atoms. The Balaban J connectivity index is 1.65. The van der Waals surface area contributed by atoms with Gasteiger partial charge in [0.1, 0.15) is 5.82 Å². The van der Waals surface area contributed by atoms with Gasteiger partial charge in [-0.15, -0.1) is 0 Å². The summed E-state index contributed by atoms with van der Waals surface area (Å²) >= 11 is 0. The van der Waals surface area contributed by atoms with Crippen molar-refractivity contribution in [2.75, 3.05) is 0 Å². The lowest BCUT2D eigenvalue weighted by Gasteiger charge is -2.19. The lowest BCUT2D eigenvalue weighted by molar-refractivity contribution is -0.120. The van der Waals surface area contributed by atoms with E-state index in [-0.39, 0.29) is 23.6 Å². The van der Waals surface area contributed by atoms with E-state index in [2.05, 4.69) is 43.4 Å². The number of carbonyl (C=O) groups excluding carboxylic acids is 1. The van der Waals surface area contributed by atoms with Crippen LogP contribution in [-0.2, 0) is 16.6 Å². The van der Waals surface area contributed by atoms with Crippen LogP contribution >= 0.6 is 0 Å². The molecule has 0 aliphatic rings. The number of rotatable bonds is 5. The summed E-state index contributed by atoms with van der Waals surface area (Å²) < 4.78 is 15.2. The summed E-state index contributed by atoms with van der Waals surface area (Å²) in [6.07, 6.45) is 1.92. The van der Waals surface area contributed by atoms with Gasteiger partial charge in [0.15, 0.2) is 0 Å². The fourth-order valence-electron chi connectivity index (χ4n) is 3.43. The molecule has 1 heterocycles. The van der Waals surface area contributed by atoms with Crippen molar-refractivity contribution in [1.29, 1.82) is 0 Å². The summed E-state index contributed by atoms with van der Waals surface area (Å²) in [5.41, 5.74) is 8.63. The second-order valence-corrected chi connectivity index (χ2v) is 8.56. The first-order valence-electron chi connectivity index (χ1n) is 10.0. The van der Waals surface area contributed by atoms with E-state index in [1.165, 1.54) is 17.7 Å². The van der Waals surface area contributed by atoms with E-state index >= 15 is 0 Å². The van der Waals surface area contributed by atoms with Crippen molar-refractivity contribution in [3.05, 3.63) is 88.5 Å². The number of hydrogen-bond donors (Lipinski definition) is 1. The van der Waals surface area contributed by atoms with Gasteiger partial charge in [-0.2, -0.15) is 5.10 Å². The Morgan fingerprint density at radius 3 is 2.30 bits per heavy atom. The third-order valence-corrected chi connectivity index (χ3v) is 5.13. The van der Waals surface area contributed by atoms with Crippen molar-refractivity contribution in [3.8, 4) is 5.69 Å². The molecule has 30 heavy (non-hydrogen) atoms. The van der Waals surface area contributed by atoms with Crippen LogP contribution in [0.1, 0.15) is 48.8 Å². The number of aromatic nitrogens is 1. The first kappa shape index (κ1) is 21.5. The van der Waals surface area contributed by atoms with Crippen LogP contribution in [-0.4, -0.2) is 16.7 Å². The summed E-state index contributed by atoms with van der Waals surface area (Å²) in [5, 5.41) is 4.12. The molecular formula is C25H28FN3O. The lowest BCUT2D eigenvalue weighted by atomic mass is 9.86. The fraction of sp³-hybridized carbons (Fsp3) is 0.280. The van der Waals surface area contributed by atoms with Crippen LogP contribution in [0.5, 0.6) is 0 Å². The van der Waals surface area contributed by atoms with Gasteiger partial charge in [-0.05, 0) is 60.7 Å². The predicted molar refractivity (Wildman–Crippen MR) is 120 cm³/mol. The quantitative estimate of drug-likeness (QED) is 0.459. The molecule has 4 nitrogen and oxygen atoms in total. The summed E-state index contributed by atoms with van der Waals surface area (Å²) in [5.74, 6) is -0.430. The highest BCUT2D eigenvalue weighted by atomic mass is 19.1. The Labute approximate surface area is 177 Å². The maximum absolute atomic E-state index is 13.2. The lowest BCUT2D eigenvalue weighted by Crippen LogP contribution is -2.20. The molecule has 3 aromatic rings. The molecule has 0 unspecified atom stereocenters. The van der Waals surface area contributed by atoms with Crippen LogP contribution in [0.2, 0.25) is 0 Å². The normalized spacial score (nSPS) is 11.8. The van der Waals surface area contributed by atoms with Gasteiger partial charge in [-0.3, -0.25) is 4.79 Å². The molecule has 0 saturated heterocycles. The van der Waals surface area contributed by atoms with Gasteiger partial charge < -0.3 is 4.57 Å². The molecule has 0 fully saturated rings. The van der Waals surface area contributed by atoms with Crippen molar-refractivity contribution in [3.63, 3.8) is 0 Å². The van der Waals surface area contributed by atoms with E-state index in [1.54, 1.807) is 18.3 Å². The Bertz CT molecular complexity index is 1060. The Morgan fingerprint density at radius 1 is 1.07 bits per heavy atom. The smallest absolute Gasteiger partial charge is 0.244 e. The van der Waals surface area contributed by atoms with Crippen molar-refractivity contribution in [2.45, 2.75) is 46.5 Å². The number of hydrazone groups is 1. The molecule has 0 spiro atoms. The summed E-state index contributed by atoms with van der Waals surface area (Å²) in [6, 6.07) is 16.4. The molecule has 0 saturated carbocycles. The third-order valence-electron chi connectivity index (χ3n) is 5.13. The summed E-state index contributed by atoms with van der Waals surface area (Å²) in [4.78, 5) is 12.2. The molecule has 2 aromatic carbocycles. The van der Waals surface area contributed by atoms with E-state index in [1.807, 2.05) is 36.6 Å². The van der Waals surface area contributed by atoms with Crippen molar-refractivity contribution >= 4 is 12.1 Å². The van der Waals surface area contributed by atoms with Gasteiger partial charge in [0.2, 0.25) is 5.91 Å². The van der Waals surface area contributed by atoms with Gasteiger partial charge in [0, 0.05) is 22.6 Å². The zero-order valence-corrected chi connectivity index (χ0v) is 18.2. The Morgan fingerprint density at radius 2 is 1.70 bits per heavy atom. The molecule has 0 radical (unpaired) electrons. The van der Waals surface area contributed by atoms with Gasteiger partial charge in [0.05, 0.1) is 12.6 Å². The molecular weight excluding hydrogens is 377 g/mol. The second kappa shape index (κ2) is 8.66. The number of nitrogens with zero attached hydrogens (tertiary/aromatic N) is 2. The first-order valence-corrected chi connectivity index (χ1v) is 10.0. The number of nitrogens with one attached hydrogen (secondary N) is 1. The predicted octanol–water partition coefficient (Wildman–Crippen LogP) is 5.22. The maximum Gasteiger partial charge on any atom is 0.244 e. The highest BCUT2D eigenvalue weighted by Crippen LogP contribution is 2.22. The van der Waals surface area contributed by atoms with E-state index < -0.39 is 0 Å². The summed E-state index contributed by atoms with van der Waals surface area (Å²) in [6.45, 7) is 10.4. The largest absolute Gasteiger partial charge is 0.318 e. The minimum absolute atomic E-state index is 0.0887.